The standard InChI is InChI=1S/C30H24NO/c1-19-9-10-22-17-29-27(15-24(22)13-19)26-14-20(2)25(18-30(26)32-29)28-16-23(11-12-31(28)3)21-7-5-4-6-8-21/h4-18H,1-3H3/q+1/i1D3. The number of hydrogen-bond acceptors (Lipinski definition) is 1. The Labute approximate surface area is 191 Å². The molecule has 2 heterocycles. The van der Waals surface area contributed by atoms with E-state index in [1.807, 2.05) is 24.3 Å². The zero-order valence-electron chi connectivity index (χ0n) is 21.0. The molecule has 0 aliphatic heterocycles. The summed E-state index contributed by atoms with van der Waals surface area (Å²) in [5.41, 5.74) is 7.69. The number of aryl methyl sites for hydroxylation is 3. The van der Waals surface area contributed by atoms with Gasteiger partial charge in [-0.05, 0) is 65.5 Å². The average molecular weight is 418 g/mol. The van der Waals surface area contributed by atoms with Crippen LogP contribution in [-0.4, -0.2) is 0 Å². The fraction of sp³-hybridized carbons (Fsp3) is 0.100. The van der Waals surface area contributed by atoms with E-state index in [-0.39, 0.29) is 0 Å². The van der Waals surface area contributed by atoms with Gasteiger partial charge in [-0.2, -0.15) is 0 Å². The molecule has 0 aliphatic rings. The second-order valence-corrected chi connectivity index (χ2v) is 8.45. The van der Waals surface area contributed by atoms with E-state index in [0.29, 0.717) is 5.56 Å². The van der Waals surface area contributed by atoms with Gasteiger partial charge in [0.15, 0.2) is 6.20 Å². The minimum absolute atomic E-state index is 0.349. The van der Waals surface area contributed by atoms with Crippen LogP contribution in [-0.2, 0) is 7.05 Å². The van der Waals surface area contributed by atoms with Crippen LogP contribution in [0.5, 0.6) is 0 Å². The van der Waals surface area contributed by atoms with Crippen molar-refractivity contribution in [2.24, 2.45) is 7.05 Å². The van der Waals surface area contributed by atoms with Gasteiger partial charge < -0.3 is 4.42 Å². The van der Waals surface area contributed by atoms with Crippen LogP contribution in [0.2, 0.25) is 0 Å². The van der Waals surface area contributed by atoms with Crippen LogP contribution >= 0.6 is 0 Å². The lowest BCUT2D eigenvalue weighted by Crippen LogP contribution is -2.30. The van der Waals surface area contributed by atoms with E-state index >= 15 is 0 Å². The quantitative estimate of drug-likeness (QED) is 0.266. The monoisotopic (exact) mass is 417 g/mol. The number of rotatable bonds is 2. The summed E-state index contributed by atoms with van der Waals surface area (Å²) in [7, 11) is 2.06. The first-order valence-corrected chi connectivity index (χ1v) is 10.7. The molecule has 32 heavy (non-hydrogen) atoms. The highest BCUT2D eigenvalue weighted by Crippen LogP contribution is 2.36. The summed E-state index contributed by atoms with van der Waals surface area (Å²) >= 11 is 0. The summed E-state index contributed by atoms with van der Waals surface area (Å²) in [6, 6.07) is 28.4. The van der Waals surface area contributed by atoms with Crippen molar-refractivity contribution in [2.45, 2.75) is 13.8 Å². The lowest BCUT2D eigenvalue weighted by Gasteiger charge is -2.07. The summed E-state index contributed by atoms with van der Waals surface area (Å²) in [6.07, 6.45) is 2.09. The van der Waals surface area contributed by atoms with E-state index in [0.717, 1.165) is 49.5 Å². The van der Waals surface area contributed by atoms with Crippen molar-refractivity contribution in [3.8, 4) is 22.4 Å². The van der Waals surface area contributed by atoms with E-state index in [1.54, 1.807) is 12.1 Å². The van der Waals surface area contributed by atoms with Gasteiger partial charge in [-0.15, -0.1) is 0 Å². The molecule has 0 spiro atoms. The molecule has 0 atom stereocenters. The molecule has 4 aromatic carbocycles. The normalized spacial score (nSPS) is 13.4. The average Bonchev–Trinajstić information content (AvgIpc) is 3.18. The van der Waals surface area contributed by atoms with Gasteiger partial charge >= 0.3 is 0 Å². The van der Waals surface area contributed by atoms with Gasteiger partial charge in [0.05, 0.1) is 5.56 Å². The van der Waals surface area contributed by atoms with Gasteiger partial charge in [0.25, 0.3) is 0 Å². The molecular weight excluding hydrogens is 390 g/mol. The van der Waals surface area contributed by atoms with Crippen molar-refractivity contribution in [1.29, 1.82) is 0 Å². The van der Waals surface area contributed by atoms with Gasteiger partial charge in [-0.1, -0.05) is 54.1 Å². The Hall–Kier alpha value is -3.91. The van der Waals surface area contributed by atoms with Crippen molar-refractivity contribution in [3.05, 3.63) is 102 Å². The number of nitrogens with zero attached hydrogens (tertiary/aromatic N) is 1. The molecule has 0 amide bonds. The second-order valence-electron chi connectivity index (χ2n) is 8.45. The first kappa shape index (κ1) is 15.8. The summed E-state index contributed by atoms with van der Waals surface area (Å²) < 4.78 is 31.7. The van der Waals surface area contributed by atoms with Crippen LogP contribution in [0.25, 0.3) is 55.1 Å². The highest BCUT2D eigenvalue weighted by molar-refractivity contribution is 6.11. The number of furan rings is 1. The van der Waals surface area contributed by atoms with Crippen LogP contribution in [0.3, 0.4) is 0 Å². The molecule has 0 bridgehead atoms. The molecule has 6 aromatic rings. The van der Waals surface area contributed by atoms with Crippen LogP contribution < -0.4 is 4.57 Å². The number of fused-ring (bicyclic) bond motifs is 4. The first-order valence-electron chi connectivity index (χ1n) is 12.2. The molecular formula is C30H24NO+. The largest absolute Gasteiger partial charge is 0.456 e. The Morgan fingerprint density at radius 2 is 1.56 bits per heavy atom. The SMILES string of the molecule is [2H]C([2H])([2H])c1ccc2cc3oc4cc(-c5cc(-c6ccccc6)cc[n+]5C)c(C)cc4c3cc2c1. The molecule has 0 radical (unpaired) electrons. The summed E-state index contributed by atoms with van der Waals surface area (Å²) in [5, 5.41) is 3.89. The molecule has 2 nitrogen and oxygen atoms in total. The van der Waals surface area contributed by atoms with Crippen LogP contribution in [0, 0.1) is 13.8 Å². The summed E-state index contributed by atoms with van der Waals surface area (Å²) in [6.45, 7) is -0.00646. The molecule has 154 valence electrons. The maximum Gasteiger partial charge on any atom is 0.213 e. The molecule has 0 saturated heterocycles. The van der Waals surface area contributed by atoms with Crippen LogP contribution in [0.15, 0.2) is 95.5 Å². The molecule has 2 aromatic heterocycles. The van der Waals surface area contributed by atoms with Gasteiger partial charge in [0.1, 0.15) is 18.2 Å². The van der Waals surface area contributed by atoms with Crippen LogP contribution in [0.1, 0.15) is 15.2 Å². The van der Waals surface area contributed by atoms with Gasteiger partial charge in [0.2, 0.25) is 5.69 Å². The maximum absolute atomic E-state index is 7.75. The highest BCUT2D eigenvalue weighted by atomic mass is 16.3. The van der Waals surface area contributed by atoms with Gasteiger partial charge in [-0.25, -0.2) is 4.57 Å². The number of pyridine rings is 1. The smallest absolute Gasteiger partial charge is 0.213 e. The lowest BCUT2D eigenvalue weighted by atomic mass is 9.98. The fourth-order valence-corrected chi connectivity index (χ4v) is 4.60. The van der Waals surface area contributed by atoms with Crippen molar-refractivity contribution in [3.63, 3.8) is 0 Å². The van der Waals surface area contributed by atoms with Gasteiger partial charge in [-0.3, -0.25) is 0 Å². The highest BCUT2D eigenvalue weighted by Gasteiger charge is 2.18. The number of aromatic nitrogens is 1. The van der Waals surface area contributed by atoms with Crippen LogP contribution in [0.4, 0.5) is 0 Å². The molecule has 0 aliphatic carbocycles. The molecule has 6 rings (SSSR count). The van der Waals surface area contributed by atoms with E-state index in [2.05, 4.69) is 73.3 Å². The van der Waals surface area contributed by atoms with E-state index in [1.165, 1.54) is 11.1 Å². The van der Waals surface area contributed by atoms with Crippen molar-refractivity contribution < 1.29 is 13.1 Å². The predicted octanol–water partition coefficient (Wildman–Crippen LogP) is 7.51. The molecule has 0 saturated carbocycles. The van der Waals surface area contributed by atoms with Gasteiger partial charge in [0, 0.05) is 27.0 Å². The van der Waals surface area contributed by atoms with Crippen molar-refractivity contribution >= 4 is 32.7 Å². The third-order valence-electron chi connectivity index (χ3n) is 6.31. The third-order valence-corrected chi connectivity index (χ3v) is 6.31. The first-order chi connectivity index (χ1) is 16.8. The topological polar surface area (TPSA) is 17.0 Å². The van der Waals surface area contributed by atoms with E-state index in [9.17, 15) is 0 Å². The Morgan fingerprint density at radius 3 is 2.41 bits per heavy atom. The maximum atomic E-state index is 7.75. The minimum Gasteiger partial charge on any atom is -0.456 e. The number of benzene rings is 4. The fourth-order valence-electron chi connectivity index (χ4n) is 4.60. The zero-order chi connectivity index (χ0) is 24.3. The Morgan fingerprint density at radius 1 is 0.750 bits per heavy atom. The molecule has 0 fully saturated rings. The Kier molecular flexibility index (Phi) is 3.49. The van der Waals surface area contributed by atoms with Crippen molar-refractivity contribution in [1.82, 2.24) is 0 Å². The molecule has 0 unspecified atom stereocenters. The third kappa shape index (κ3) is 2.99. The van der Waals surface area contributed by atoms with E-state index in [4.69, 9.17) is 8.53 Å². The van der Waals surface area contributed by atoms with Crippen molar-refractivity contribution in [2.75, 3.05) is 0 Å². The summed E-state index contributed by atoms with van der Waals surface area (Å²) in [4.78, 5) is 0. The second kappa shape index (κ2) is 7.06. The molecule has 2 heteroatoms. The zero-order valence-corrected chi connectivity index (χ0v) is 18.0. The Balaban J connectivity index is 1.53. The molecule has 0 N–H and O–H groups in total. The summed E-state index contributed by atoms with van der Waals surface area (Å²) in [5.74, 6) is 0. The van der Waals surface area contributed by atoms with E-state index < -0.39 is 6.85 Å². The predicted molar refractivity (Wildman–Crippen MR) is 133 cm³/mol. The lowest BCUT2D eigenvalue weighted by molar-refractivity contribution is -0.660. The number of hydrogen-bond donors (Lipinski definition) is 0. The Bertz CT molecular complexity index is 1750. The minimum atomic E-state index is -2.13.